The van der Waals surface area contributed by atoms with E-state index in [1.807, 2.05) is 0 Å². The molecule has 2 nitrogen and oxygen atoms in total. The van der Waals surface area contributed by atoms with Gasteiger partial charge in [0, 0.05) is 25.5 Å². The Morgan fingerprint density at radius 2 is 0.895 bits per heavy atom. The lowest BCUT2D eigenvalue weighted by atomic mass is 10.0. The molecule has 0 bridgehead atoms. The largest absolute Gasteiger partial charge is 0.356 e. The summed E-state index contributed by atoms with van der Waals surface area (Å²) in [6, 6.07) is 11.0. The fraction of sp³-hybridized carbons (Fsp3) is 0.778. The van der Waals surface area contributed by atoms with Crippen LogP contribution in [0.15, 0.2) is 42.7 Å². The fourth-order valence-corrected chi connectivity index (χ4v) is 6.02. The van der Waals surface area contributed by atoms with Crippen molar-refractivity contribution in [3.05, 3.63) is 48.3 Å². The average molecular weight is 525 g/mol. The van der Waals surface area contributed by atoms with Gasteiger partial charge in [0.05, 0.1) is 0 Å². The van der Waals surface area contributed by atoms with Crippen molar-refractivity contribution >= 4 is 0 Å². The summed E-state index contributed by atoms with van der Waals surface area (Å²) in [5, 5.41) is 0. The SMILES string of the molecule is CCCCCCCCCCCCCCC1N(CCCCCCCCCCCC)C=CN1Cc1ccccc1. The highest BCUT2D eigenvalue weighted by molar-refractivity contribution is 5.16. The Morgan fingerprint density at radius 1 is 0.474 bits per heavy atom. The van der Waals surface area contributed by atoms with Gasteiger partial charge in [-0.3, -0.25) is 0 Å². The van der Waals surface area contributed by atoms with Crippen LogP contribution in [0, 0.1) is 0 Å². The molecule has 0 aliphatic carbocycles. The first-order valence-corrected chi connectivity index (χ1v) is 17.1. The van der Waals surface area contributed by atoms with E-state index in [4.69, 9.17) is 0 Å². The molecule has 1 heterocycles. The van der Waals surface area contributed by atoms with Gasteiger partial charge in [0.2, 0.25) is 0 Å². The van der Waals surface area contributed by atoms with E-state index in [-0.39, 0.29) is 0 Å². The Morgan fingerprint density at radius 3 is 1.39 bits per heavy atom. The van der Waals surface area contributed by atoms with Gasteiger partial charge in [-0.05, 0) is 24.8 Å². The van der Waals surface area contributed by atoms with Crippen LogP contribution in [-0.4, -0.2) is 22.5 Å². The monoisotopic (exact) mass is 525 g/mol. The summed E-state index contributed by atoms with van der Waals surface area (Å²) in [6.07, 6.45) is 37.9. The van der Waals surface area contributed by atoms with Gasteiger partial charge in [-0.2, -0.15) is 0 Å². The molecule has 1 atom stereocenters. The van der Waals surface area contributed by atoms with Crippen molar-refractivity contribution in [1.82, 2.24) is 9.80 Å². The summed E-state index contributed by atoms with van der Waals surface area (Å²) in [4.78, 5) is 5.26. The quantitative estimate of drug-likeness (QED) is 0.111. The molecule has 0 radical (unpaired) electrons. The van der Waals surface area contributed by atoms with E-state index in [1.165, 1.54) is 160 Å². The third-order valence-corrected chi connectivity index (χ3v) is 8.51. The zero-order valence-electron chi connectivity index (χ0n) is 25.7. The Kier molecular flexibility index (Phi) is 20.2. The summed E-state index contributed by atoms with van der Waals surface area (Å²) < 4.78 is 0. The second-order valence-electron chi connectivity index (χ2n) is 12.0. The number of hydrogen-bond acceptors (Lipinski definition) is 2. The van der Waals surface area contributed by atoms with E-state index < -0.39 is 0 Å². The average Bonchev–Trinajstić information content (AvgIpc) is 3.31. The van der Waals surface area contributed by atoms with E-state index in [0.717, 1.165) is 6.54 Å². The zero-order chi connectivity index (χ0) is 26.9. The summed E-state index contributed by atoms with van der Waals surface area (Å²) >= 11 is 0. The molecule has 1 aliphatic heterocycles. The summed E-state index contributed by atoms with van der Waals surface area (Å²) in [6.45, 7) is 6.87. The molecule has 38 heavy (non-hydrogen) atoms. The molecule has 0 spiro atoms. The molecule has 0 amide bonds. The first kappa shape index (κ1) is 32.8. The number of unbranched alkanes of at least 4 members (excludes halogenated alkanes) is 20. The van der Waals surface area contributed by atoms with Crippen molar-refractivity contribution in [3.8, 4) is 0 Å². The van der Waals surface area contributed by atoms with Gasteiger partial charge >= 0.3 is 0 Å². The molecular weight excluding hydrogens is 460 g/mol. The molecular formula is C36H64N2. The van der Waals surface area contributed by atoms with Gasteiger partial charge in [-0.1, -0.05) is 173 Å². The van der Waals surface area contributed by atoms with Crippen LogP contribution in [0.1, 0.15) is 167 Å². The van der Waals surface area contributed by atoms with Gasteiger partial charge in [-0.15, -0.1) is 0 Å². The Hall–Kier alpha value is -1.44. The third kappa shape index (κ3) is 15.8. The third-order valence-electron chi connectivity index (χ3n) is 8.51. The minimum atomic E-state index is 0.553. The highest BCUT2D eigenvalue weighted by Gasteiger charge is 2.25. The Bertz CT molecular complexity index is 655. The fourth-order valence-electron chi connectivity index (χ4n) is 6.02. The van der Waals surface area contributed by atoms with Crippen molar-refractivity contribution in [3.63, 3.8) is 0 Å². The molecule has 1 aliphatic rings. The number of hydrogen-bond donors (Lipinski definition) is 0. The lowest BCUT2D eigenvalue weighted by Crippen LogP contribution is -2.38. The van der Waals surface area contributed by atoms with Crippen molar-refractivity contribution in [1.29, 1.82) is 0 Å². The maximum Gasteiger partial charge on any atom is 0.101 e. The van der Waals surface area contributed by atoms with Crippen molar-refractivity contribution < 1.29 is 0 Å². The highest BCUT2D eigenvalue weighted by atomic mass is 15.4. The summed E-state index contributed by atoms with van der Waals surface area (Å²) in [5.74, 6) is 0. The van der Waals surface area contributed by atoms with Crippen LogP contribution in [0.5, 0.6) is 0 Å². The van der Waals surface area contributed by atoms with Gasteiger partial charge in [0.25, 0.3) is 0 Å². The van der Waals surface area contributed by atoms with Gasteiger partial charge in [0.15, 0.2) is 0 Å². The maximum absolute atomic E-state index is 2.66. The molecule has 2 rings (SSSR count). The molecule has 1 aromatic rings. The first-order valence-electron chi connectivity index (χ1n) is 17.1. The molecule has 1 unspecified atom stereocenters. The summed E-state index contributed by atoms with van der Waals surface area (Å²) in [7, 11) is 0. The Balaban J connectivity index is 1.61. The second kappa shape index (κ2) is 23.4. The first-order chi connectivity index (χ1) is 18.8. The molecule has 218 valence electrons. The van der Waals surface area contributed by atoms with Crippen molar-refractivity contribution in [2.24, 2.45) is 0 Å². The topological polar surface area (TPSA) is 6.48 Å². The zero-order valence-corrected chi connectivity index (χ0v) is 25.7. The van der Waals surface area contributed by atoms with Crippen LogP contribution in [0.25, 0.3) is 0 Å². The molecule has 0 fully saturated rings. The van der Waals surface area contributed by atoms with Crippen LogP contribution in [0.4, 0.5) is 0 Å². The van der Waals surface area contributed by atoms with E-state index in [9.17, 15) is 0 Å². The lowest BCUT2D eigenvalue weighted by Gasteiger charge is -2.33. The van der Waals surface area contributed by atoms with E-state index in [0.29, 0.717) is 6.17 Å². The summed E-state index contributed by atoms with van der Waals surface area (Å²) in [5.41, 5.74) is 1.43. The second-order valence-corrected chi connectivity index (χ2v) is 12.0. The van der Waals surface area contributed by atoms with Gasteiger partial charge in [-0.25, -0.2) is 0 Å². The molecule has 0 saturated carbocycles. The maximum atomic E-state index is 2.66. The van der Waals surface area contributed by atoms with E-state index in [2.05, 4.69) is 66.4 Å². The van der Waals surface area contributed by atoms with Crippen molar-refractivity contribution in [2.45, 2.75) is 174 Å². The van der Waals surface area contributed by atoms with Crippen molar-refractivity contribution in [2.75, 3.05) is 6.54 Å². The molecule has 0 aromatic heterocycles. The minimum Gasteiger partial charge on any atom is -0.356 e. The smallest absolute Gasteiger partial charge is 0.101 e. The van der Waals surface area contributed by atoms with Crippen LogP contribution >= 0.6 is 0 Å². The number of benzene rings is 1. The molecule has 0 N–H and O–H groups in total. The van der Waals surface area contributed by atoms with Crippen LogP contribution in [-0.2, 0) is 6.54 Å². The van der Waals surface area contributed by atoms with E-state index >= 15 is 0 Å². The van der Waals surface area contributed by atoms with Gasteiger partial charge < -0.3 is 9.80 Å². The number of rotatable bonds is 26. The molecule has 2 heteroatoms. The minimum absolute atomic E-state index is 0.553. The lowest BCUT2D eigenvalue weighted by molar-refractivity contribution is 0.132. The van der Waals surface area contributed by atoms with Gasteiger partial charge in [0.1, 0.15) is 6.17 Å². The van der Waals surface area contributed by atoms with Crippen LogP contribution in [0.3, 0.4) is 0 Å². The van der Waals surface area contributed by atoms with E-state index in [1.54, 1.807) is 0 Å². The van der Waals surface area contributed by atoms with Crippen LogP contribution < -0.4 is 0 Å². The Labute approximate surface area is 238 Å². The normalized spacial score (nSPS) is 15.2. The highest BCUT2D eigenvalue weighted by Crippen LogP contribution is 2.25. The van der Waals surface area contributed by atoms with Crippen LogP contribution in [0.2, 0.25) is 0 Å². The predicted molar refractivity (Wildman–Crippen MR) is 169 cm³/mol. The predicted octanol–water partition coefficient (Wildman–Crippen LogP) is 11.6. The molecule has 0 saturated heterocycles. The standard InChI is InChI=1S/C36H64N2/c1-3-5-7-9-11-13-15-16-17-19-21-26-30-36-37(31-27-22-20-18-14-12-10-8-6-4-2)32-33-38(36)34-35-28-24-23-25-29-35/h23-25,28-29,32-33,36H,3-22,26-27,30-31,34H2,1-2H3. The number of nitrogens with zero attached hydrogens (tertiary/aromatic N) is 2. The molecule has 1 aromatic carbocycles.